The molecule has 6 rings (SSSR count). The summed E-state index contributed by atoms with van der Waals surface area (Å²) in [5, 5.41) is 12.7. The molecule has 3 heterocycles. The summed E-state index contributed by atoms with van der Waals surface area (Å²) in [7, 11) is 0. The van der Waals surface area contributed by atoms with E-state index in [0.29, 0.717) is 28.7 Å². The Bertz CT molecular complexity index is 1480. The molecular formula is C29H28N6O2S. The van der Waals surface area contributed by atoms with E-state index in [2.05, 4.69) is 21.3 Å². The number of H-pyrrole nitrogens is 1. The fraction of sp³-hybridized carbons (Fsp3) is 0.310. The monoisotopic (exact) mass is 524 g/mol. The molecule has 0 unspecified atom stereocenters. The van der Waals surface area contributed by atoms with Crippen molar-refractivity contribution < 1.29 is 9.53 Å². The Balaban J connectivity index is 1.10. The lowest BCUT2D eigenvalue weighted by molar-refractivity contribution is 0.0139. The molecule has 38 heavy (non-hydrogen) atoms. The van der Waals surface area contributed by atoms with Crippen molar-refractivity contribution in [3.63, 3.8) is 0 Å². The van der Waals surface area contributed by atoms with Crippen molar-refractivity contribution in [1.29, 1.82) is 5.26 Å². The first-order chi connectivity index (χ1) is 18.6. The molecule has 2 aromatic heterocycles. The molecule has 1 aliphatic carbocycles. The molecule has 0 bridgehead atoms. The van der Waals surface area contributed by atoms with E-state index in [0.717, 1.165) is 73.9 Å². The van der Waals surface area contributed by atoms with Crippen molar-refractivity contribution in [3.05, 3.63) is 87.8 Å². The van der Waals surface area contributed by atoms with Crippen LogP contribution in [-0.4, -0.2) is 58.1 Å². The third kappa shape index (κ3) is 5.38. The number of thiazole rings is 1. The highest BCUT2D eigenvalue weighted by molar-refractivity contribution is 7.15. The van der Waals surface area contributed by atoms with E-state index >= 15 is 0 Å². The number of morpholine rings is 1. The minimum absolute atomic E-state index is 0.152. The number of aromatic nitrogens is 3. The lowest BCUT2D eigenvalue weighted by atomic mass is 9.96. The van der Waals surface area contributed by atoms with Crippen LogP contribution in [0.1, 0.15) is 44.3 Å². The first-order valence-electron chi connectivity index (χ1n) is 12.9. The van der Waals surface area contributed by atoms with E-state index in [1.807, 2.05) is 42.6 Å². The molecule has 1 fully saturated rings. The van der Waals surface area contributed by atoms with Gasteiger partial charge in [0.05, 0.1) is 36.2 Å². The molecule has 0 saturated carbocycles. The summed E-state index contributed by atoms with van der Waals surface area (Å²) in [4.78, 5) is 29.5. The second-order valence-electron chi connectivity index (χ2n) is 9.69. The van der Waals surface area contributed by atoms with Crippen LogP contribution >= 0.6 is 11.3 Å². The number of fused-ring (bicyclic) bond motifs is 1. The van der Waals surface area contributed by atoms with Crippen molar-refractivity contribution in [2.75, 3.05) is 31.6 Å². The molecule has 1 atom stereocenters. The lowest BCUT2D eigenvalue weighted by Gasteiger charge is -2.36. The maximum atomic E-state index is 13.1. The van der Waals surface area contributed by atoms with Gasteiger partial charge in [0.15, 0.2) is 5.13 Å². The highest BCUT2D eigenvalue weighted by Crippen LogP contribution is 2.32. The number of hydrogen-bond acceptors (Lipinski definition) is 7. The zero-order valence-electron chi connectivity index (χ0n) is 20.9. The van der Waals surface area contributed by atoms with Gasteiger partial charge in [-0.05, 0) is 49.1 Å². The van der Waals surface area contributed by atoms with E-state index < -0.39 is 0 Å². The van der Waals surface area contributed by atoms with Gasteiger partial charge in [0, 0.05) is 47.8 Å². The number of hydrogen-bond donors (Lipinski definition) is 2. The van der Waals surface area contributed by atoms with Gasteiger partial charge < -0.3 is 9.72 Å². The second-order valence-corrected chi connectivity index (χ2v) is 10.8. The SMILES string of the molecule is N#Cc1ccc(-c2c[nH]c(Cc3cccc(C(=O)Nc4nc5c(s4)C[C@@H](N4CCOCC4)CC5)c3)n2)cc1. The normalized spacial score (nSPS) is 17.5. The number of anilines is 1. The Morgan fingerprint density at radius 2 is 2.03 bits per heavy atom. The minimum atomic E-state index is -0.152. The molecule has 192 valence electrons. The highest BCUT2D eigenvalue weighted by Gasteiger charge is 2.28. The van der Waals surface area contributed by atoms with Gasteiger partial charge in [-0.3, -0.25) is 15.0 Å². The Morgan fingerprint density at radius 1 is 1.18 bits per heavy atom. The number of aryl methyl sites for hydroxylation is 1. The minimum Gasteiger partial charge on any atom is -0.379 e. The van der Waals surface area contributed by atoms with Crippen LogP contribution in [0.2, 0.25) is 0 Å². The first kappa shape index (κ1) is 24.5. The standard InChI is InChI=1S/C29H28N6O2S/c30-17-19-4-6-21(7-5-19)25-18-31-27(32-25)15-20-2-1-3-22(14-20)28(36)34-29-33-24-9-8-23(16-26(24)38-29)35-10-12-37-13-11-35/h1-7,14,18,23H,8-13,15-16H2,(H,31,32)(H,33,34,36)/t23-/m0/s1. The number of benzene rings is 2. The van der Waals surface area contributed by atoms with E-state index in [1.165, 1.54) is 4.88 Å². The molecular weight excluding hydrogens is 496 g/mol. The van der Waals surface area contributed by atoms with Crippen molar-refractivity contribution in [1.82, 2.24) is 19.9 Å². The summed E-state index contributed by atoms with van der Waals surface area (Å²) >= 11 is 1.60. The number of ether oxygens (including phenoxy) is 1. The molecule has 4 aromatic rings. The average molecular weight is 525 g/mol. The van der Waals surface area contributed by atoms with Gasteiger partial charge in [0.2, 0.25) is 0 Å². The molecule has 0 spiro atoms. The van der Waals surface area contributed by atoms with Crippen molar-refractivity contribution >= 4 is 22.4 Å². The van der Waals surface area contributed by atoms with Crippen LogP contribution in [0.4, 0.5) is 5.13 Å². The quantitative estimate of drug-likeness (QED) is 0.386. The summed E-state index contributed by atoms with van der Waals surface area (Å²) < 4.78 is 5.50. The Morgan fingerprint density at radius 3 is 2.84 bits per heavy atom. The number of rotatable bonds is 6. The van der Waals surface area contributed by atoms with Crippen LogP contribution < -0.4 is 5.32 Å². The fourth-order valence-electron chi connectivity index (χ4n) is 5.17. The number of nitrogens with one attached hydrogen (secondary N) is 2. The topological polar surface area (TPSA) is 107 Å². The van der Waals surface area contributed by atoms with Gasteiger partial charge >= 0.3 is 0 Å². The summed E-state index contributed by atoms with van der Waals surface area (Å²) in [6.45, 7) is 3.61. The Labute approximate surface area is 225 Å². The van der Waals surface area contributed by atoms with Crippen LogP contribution in [0, 0.1) is 11.3 Å². The van der Waals surface area contributed by atoms with E-state index in [4.69, 9.17) is 20.0 Å². The van der Waals surface area contributed by atoms with Crippen LogP contribution in [0.3, 0.4) is 0 Å². The fourth-order valence-corrected chi connectivity index (χ4v) is 6.24. The van der Waals surface area contributed by atoms with Gasteiger partial charge in [0.1, 0.15) is 5.82 Å². The van der Waals surface area contributed by atoms with Gasteiger partial charge in [0.25, 0.3) is 5.91 Å². The Hall–Kier alpha value is -3.84. The van der Waals surface area contributed by atoms with E-state index in [9.17, 15) is 4.79 Å². The summed E-state index contributed by atoms with van der Waals surface area (Å²) in [6, 6.07) is 17.6. The highest BCUT2D eigenvalue weighted by atomic mass is 32.1. The maximum Gasteiger partial charge on any atom is 0.257 e. The summed E-state index contributed by atoms with van der Waals surface area (Å²) in [5.74, 6) is 0.657. The van der Waals surface area contributed by atoms with Crippen molar-refractivity contribution in [2.24, 2.45) is 0 Å². The van der Waals surface area contributed by atoms with E-state index in [1.54, 1.807) is 23.5 Å². The van der Waals surface area contributed by atoms with Crippen LogP contribution in [0.25, 0.3) is 11.3 Å². The van der Waals surface area contributed by atoms with Crippen molar-refractivity contribution in [3.8, 4) is 17.3 Å². The number of aromatic amines is 1. The van der Waals surface area contributed by atoms with Gasteiger partial charge in [-0.1, -0.05) is 24.3 Å². The number of carbonyl (C=O) groups excluding carboxylic acids is 1. The number of carbonyl (C=O) groups is 1. The average Bonchev–Trinajstić information content (AvgIpc) is 3.60. The predicted octanol–water partition coefficient (Wildman–Crippen LogP) is 4.44. The molecule has 2 N–H and O–H groups in total. The Kier molecular flexibility index (Phi) is 7.01. The molecule has 1 saturated heterocycles. The zero-order valence-corrected chi connectivity index (χ0v) is 21.8. The van der Waals surface area contributed by atoms with E-state index in [-0.39, 0.29) is 5.91 Å². The molecule has 9 heteroatoms. The molecule has 8 nitrogen and oxygen atoms in total. The molecule has 2 aliphatic rings. The first-order valence-corrected chi connectivity index (χ1v) is 13.7. The summed E-state index contributed by atoms with van der Waals surface area (Å²) in [5.41, 5.74) is 5.10. The summed E-state index contributed by atoms with van der Waals surface area (Å²) in [6.07, 6.45) is 5.48. The van der Waals surface area contributed by atoms with Gasteiger partial charge in [-0.25, -0.2) is 9.97 Å². The zero-order chi connectivity index (χ0) is 25.9. The molecule has 2 aromatic carbocycles. The van der Waals surface area contributed by atoms with Crippen LogP contribution in [0.5, 0.6) is 0 Å². The lowest BCUT2D eigenvalue weighted by Crippen LogP contribution is -2.45. The maximum absolute atomic E-state index is 13.1. The smallest absolute Gasteiger partial charge is 0.257 e. The number of nitrogens with zero attached hydrogens (tertiary/aromatic N) is 4. The van der Waals surface area contributed by atoms with Crippen LogP contribution in [0.15, 0.2) is 54.7 Å². The number of amides is 1. The molecule has 1 amide bonds. The largest absolute Gasteiger partial charge is 0.379 e. The van der Waals surface area contributed by atoms with Gasteiger partial charge in [-0.2, -0.15) is 5.26 Å². The third-order valence-electron chi connectivity index (χ3n) is 7.20. The number of nitriles is 1. The van der Waals surface area contributed by atoms with Crippen LogP contribution in [-0.2, 0) is 24.0 Å². The predicted molar refractivity (Wildman–Crippen MR) is 146 cm³/mol. The molecule has 1 aliphatic heterocycles. The third-order valence-corrected chi connectivity index (χ3v) is 8.23. The molecule has 0 radical (unpaired) electrons. The van der Waals surface area contributed by atoms with Gasteiger partial charge in [-0.15, -0.1) is 11.3 Å². The number of imidazole rings is 1. The van der Waals surface area contributed by atoms with Crippen molar-refractivity contribution in [2.45, 2.75) is 31.7 Å². The second kappa shape index (κ2) is 10.9.